The van der Waals surface area contributed by atoms with Crippen molar-refractivity contribution in [1.82, 2.24) is 5.43 Å². The molecule has 0 heterocycles. The molecular weight excluding hydrogens is 268 g/mol. The van der Waals surface area contributed by atoms with Crippen molar-refractivity contribution in [3.05, 3.63) is 59.2 Å². The first-order chi connectivity index (χ1) is 9.69. The molecule has 4 heteroatoms. The van der Waals surface area contributed by atoms with Crippen molar-refractivity contribution >= 4 is 11.8 Å². The van der Waals surface area contributed by atoms with Crippen LogP contribution in [0.4, 0.5) is 0 Å². The second-order valence-corrected chi connectivity index (χ2v) is 5.48. The topological polar surface area (TPSA) is 47.3 Å². The Kier molecular flexibility index (Phi) is 5.06. The van der Waals surface area contributed by atoms with Gasteiger partial charge in [0.15, 0.2) is 0 Å². The molecule has 0 saturated carbocycles. The first-order valence-corrected chi connectivity index (χ1v) is 7.66. The maximum absolute atomic E-state index is 5.76. The normalized spacial score (nSPS) is 12.2. The highest BCUT2D eigenvalue weighted by atomic mass is 32.2. The van der Waals surface area contributed by atoms with Crippen LogP contribution < -0.4 is 16.0 Å². The van der Waals surface area contributed by atoms with Gasteiger partial charge in [-0.05, 0) is 54.1 Å². The fourth-order valence-electron chi connectivity index (χ4n) is 2.26. The summed E-state index contributed by atoms with van der Waals surface area (Å²) in [5.74, 6) is 6.62. The standard InChI is InChI=1S/C16H20N2OS/c1-11-10-13(19-2)6-9-15(11)16(18-17)12-4-7-14(20-3)8-5-12/h4-10,16,18H,17H2,1-3H3. The van der Waals surface area contributed by atoms with Crippen LogP contribution in [0.15, 0.2) is 47.4 Å². The van der Waals surface area contributed by atoms with Crippen LogP contribution in [0.3, 0.4) is 0 Å². The lowest BCUT2D eigenvalue weighted by Crippen LogP contribution is -2.29. The van der Waals surface area contributed by atoms with Crippen LogP contribution in [0.25, 0.3) is 0 Å². The monoisotopic (exact) mass is 288 g/mol. The summed E-state index contributed by atoms with van der Waals surface area (Å²) in [6.07, 6.45) is 2.07. The maximum atomic E-state index is 5.76. The van der Waals surface area contributed by atoms with Crippen molar-refractivity contribution in [1.29, 1.82) is 0 Å². The number of hydrogen-bond donors (Lipinski definition) is 2. The number of methoxy groups -OCH3 is 1. The number of aryl methyl sites for hydroxylation is 1. The van der Waals surface area contributed by atoms with Crippen molar-refractivity contribution in [3.8, 4) is 5.75 Å². The first kappa shape index (κ1) is 14.9. The van der Waals surface area contributed by atoms with Gasteiger partial charge in [-0.25, -0.2) is 5.43 Å². The third-order valence-corrected chi connectivity index (χ3v) is 4.15. The van der Waals surface area contributed by atoms with Crippen LogP contribution in [0.5, 0.6) is 5.75 Å². The summed E-state index contributed by atoms with van der Waals surface area (Å²) in [7, 11) is 1.67. The molecule has 2 aromatic rings. The molecule has 0 aliphatic heterocycles. The van der Waals surface area contributed by atoms with E-state index in [1.807, 2.05) is 12.1 Å². The molecule has 20 heavy (non-hydrogen) atoms. The minimum absolute atomic E-state index is 0.0168. The molecule has 0 fully saturated rings. The van der Waals surface area contributed by atoms with Crippen molar-refractivity contribution in [2.45, 2.75) is 17.9 Å². The second kappa shape index (κ2) is 6.79. The van der Waals surface area contributed by atoms with Gasteiger partial charge in [0.2, 0.25) is 0 Å². The first-order valence-electron chi connectivity index (χ1n) is 6.44. The van der Waals surface area contributed by atoms with E-state index in [4.69, 9.17) is 10.6 Å². The highest BCUT2D eigenvalue weighted by Gasteiger charge is 2.15. The fraction of sp³-hybridized carbons (Fsp3) is 0.250. The Labute approximate surface area is 124 Å². The number of benzene rings is 2. The largest absolute Gasteiger partial charge is 0.497 e. The van der Waals surface area contributed by atoms with Gasteiger partial charge in [0.05, 0.1) is 13.2 Å². The summed E-state index contributed by atoms with van der Waals surface area (Å²) in [5, 5.41) is 0. The number of nitrogens with two attached hydrogens (primary N) is 1. The molecule has 0 spiro atoms. The van der Waals surface area contributed by atoms with E-state index in [0.29, 0.717) is 0 Å². The maximum Gasteiger partial charge on any atom is 0.119 e. The van der Waals surface area contributed by atoms with Crippen LogP contribution in [0.2, 0.25) is 0 Å². The van der Waals surface area contributed by atoms with Gasteiger partial charge in [-0.15, -0.1) is 11.8 Å². The van der Waals surface area contributed by atoms with Gasteiger partial charge in [0.25, 0.3) is 0 Å². The zero-order chi connectivity index (χ0) is 14.5. The molecule has 0 aromatic heterocycles. The summed E-state index contributed by atoms with van der Waals surface area (Å²) in [6.45, 7) is 2.07. The molecule has 0 radical (unpaired) electrons. The zero-order valence-electron chi connectivity index (χ0n) is 12.0. The molecule has 2 rings (SSSR count). The van der Waals surface area contributed by atoms with E-state index in [9.17, 15) is 0 Å². The molecular formula is C16H20N2OS. The van der Waals surface area contributed by atoms with Gasteiger partial charge < -0.3 is 4.74 Å². The highest BCUT2D eigenvalue weighted by molar-refractivity contribution is 7.98. The van der Waals surface area contributed by atoms with Crippen LogP contribution in [0, 0.1) is 6.92 Å². The third kappa shape index (κ3) is 3.15. The van der Waals surface area contributed by atoms with E-state index < -0.39 is 0 Å². The predicted octanol–water partition coefficient (Wildman–Crippen LogP) is 3.28. The van der Waals surface area contributed by atoms with Crippen LogP contribution >= 0.6 is 11.8 Å². The van der Waals surface area contributed by atoms with E-state index in [1.165, 1.54) is 4.90 Å². The lowest BCUT2D eigenvalue weighted by Gasteiger charge is -2.20. The SMILES string of the molecule is COc1ccc(C(NN)c2ccc(SC)cc2)c(C)c1. The summed E-state index contributed by atoms with van der Waals surface area (Å²) in [5.41, 5.74) is 6.37. The van der Waals surface area contributed by atoms with E-state index in [1.54, 1.807) is 18.9 Å². The number of nitrogens with one attached hydrogen (secondary N) is 1. The third-order valence-electron chi connectivity index (χ3n) is 3.40. The molecule has 0 aliphatic carbocycles. The Morgan fingerprint density at radius 3 is 2.35 bits per heavy atom. The Bertz CT molecular complexity index is 569. The number of hydrogen-bond acceptors (Lipinski definition) is 4. The molecule has 1 unspecified atom stereocenters. The minimum atomic E-state index is -0.0168. The zero-order valence-corrected chi connectivity index (χ0v) is 12.8. The lowest BCUT2D eigenvalue weighted by atomic mass is 9.95. The molecule has 0 amide bonds. The van der Waals surface area contributed by atoms with Gasteiger partial charge in [-0.1, -0.05) is 18.2 Å². The van der Waals surface area contributed by atoms with Crippen LogP contribution in [-0.2, 0) is 0 Å². The Balaban J connectivity index is 2.35. The van der Waals surface area contributed by atoms with E-state index >= 15 is 0 Å². The van der Waals surface area contributed by atoms with Gasteiger partial charge in [0, 0.05) is 4.90 Å². The molecule has 3 N–H and O–H groups in total. The number of thioether (sulfide) groups is 1. The summed E-state index contributed by atoms with van der Waals surface area (Å²) >= 11 is 1.73. The molecule has 0 bridgehead atoms. The summed E-state index contributed by atoms with van der Waals surface area (Å²) in [4.78, 5) is 1.25. The summed E-state index contributed by atoms with van der Waals surface area (Å²) in [6, 6.07) is 14.5. The molecule has 0 saturated heterocycles. The van der Waals surface area contributed by atoms with Crippen LogP contribution in [0.1, 0.15) is 22.7 Å². The Hall–Kier alpha value is -1.49. The van der Waals surface area contributed by atoms with E-state index in [0.717, 1.165) is 22.4 Å². The average Bonchev–Trinajstić information content (AvgIpc) is 2.50. The van der Waals surface area contributed by atoms with Gasteiger partial charge in [-0.2, -0.15) is 0 Å². The number of rotatable bonds is 5. The van der Waals surface area contributed by atoms with Gasteiger partial charge in [0.1, 0.15) is 5.75 Å². The molecule has 106 valence electrons. The molecule has 3 nitrogen and oxygen atoms in total. The highest BCUT2D eigenvalue weighted by Crippen LogP contribution is 2.28. The minimum Gasteiger partial charge on any atom is -0.497 e. The molecule has 1 atom stereocenters. The van der Waals surface area contributed by atoms with E-state index in [2.05, 4.69) is 48.9 Å². The summed E-state index contributed by atoms with van der Waals surface area (Å²) < 4.78 is 5.24. The number of hydrazine groups is 1. The van der Waals surface area contributed by atoms with Crippen molar-refractivity contribution < 1.29 is 4.74 Å². The molecule has 0 aliphatic rings. The van der Waals surface area contributed by atoms with E-state index in [-0.39, 0.29) is 6.04 Å². The Morgan fingerprint density at radius 2 is 1.85 bits per heavy atom. The van der Waals surface area contributed by atoms with Gasteiger partial charge in [-0.3, -0.25) is 5.84 Å². The van der Waals surface area contributed by atoms with Crippen molar-refractivity contribution in [2.75, 3.05) is 13.4 Å². The number of ether oxygens (including phenoxy) is 1. The van der Waals surface area contributed by atoms with Crippen LogP contribution in [-0.4, -0.2) is 13.4 Å². The van der Waals surface area contributed by atoms with Crippen molar-refractivity contribution in [2.24, 2.45) is 5.84 Å². The smallest absolute Gasteiger partial charge is 0.119 e. The Morgan fingerprint density at radius 1 is 1.15 bits per heavy atom. The van der Waals surface area contributed by atoms with Crippen molar-refractivity contribution in [3.63, 3.8) is 0 Å². The van der Waals surface area contributed by atoms with Gasteiger partial charge >= 0.3 is 0 Å². The quantitative estimate of drug-likeness (QED) is 0.503. The predicted molar refractivity (Wildman–Crippen MR) is 85.1 cm³/mol. The average molecular weight is 288 g/mol. The second-order valence-electron chi connectivity index (χ2n) is 4.60. The fourth-order valence-corrected chi connectivity index (χ4v) is 2.67. The lowest BCUT2D eigenvalue weighted by molar-refractivity contribution is 0.414. The molecule has 2 aromatic carbocycles.